The maximum Gasteiger partial charge on any atom is 0.329 e. The number of aromatic amines is 1. The predicted molar refractivity (Wildman–Crippen MR) is 111 cm³/mol. The van der Waals surface area contributed by atoms with Crippen LogP contribution in [0.25, 0.3) is 11.0 Å². The summed E-state index contributed by atoms with van der Waals surface area (Å²) in [4.78, 5) is 43.8. The van der Waals surface area contributed by atoms with Gasteiger partial charge in [0.25, 0.3) is 5.56 Å². The van der Waals surface area contributed by atoms with Crippen LogP contribution in [0.2, 0.25) is 0 Å². The van der Waals surface area contributed by atoms with E-state index in [0.29, 0.717) is 18.2 Å². The first-order chi connectivity index (χ1) is 13.3. The lowest BCUT2D eigenvalue weighted by molar-refractivity contribution is 0.102. The topological polar surface area (TPSA) is 116 Å². The number of anilines is 1. The van der Waals surface area contributed by atoms with Crippen LogP contribution in [-0.2, 0) is 13.1 Å². The van der Waals surface area contributed by atoms with Crippen LogP contribution >= 0.6 is 11.8 Å². The summed E-state index contributed by atoms with van der Waals surface area (Å²) in [5, 5.41) is 0.697. The number of carbonyl (C=O) groups is 1. The highest BCUT2D eigenvalue weighted by molar-refractivity contribution is 7.99. The average molecular weight is 401 g/mol. The Hall–Kier alpha value is -2.81. The first-order valence-corrected chi connectivity index (χ1v) is 10.1. The highest BCUT2D eigenvalue weighted by atomic mass is 32.2. The zero-order chi connectivity index (χ0) is 20.4. The minimum atomic E-state index is -0.753. The predicted octanol–water partition coefficient (Wildman–Crippen LogP) is 2.12. The molecule has 0 spiro atoms. The summed E-state index contributed by atoms with van der Waals surface area (Å²) in [6.07, 6.45) is 0. The Bertz CT molecular complexity index is 1140. The molecule has 0 saturated carbocycles. The molecule has 0 fully saturated rings. The van der Waals surface area contributed by atoms with E-state index in [1.807, 2.05) is 49.6 Å². The molecule has 0 aliphatic rings. The molecule has 0 unspecified atom stereocenters. The second kappa shape index (κ2) is 8.05. The molecule has 0 atom stereocenters. The van der Waals surface area contributed by atoms with Crippen molar-refractivity contribution in [2.75, 3.05) is 11.5 Å². The third-order valence-corrected chi connectivity index (χ3v) is 5.31. The van der Waals surface area contributed by atoms with E-state index in [-0.39, 0.29) is 23.1 Å². The summed E-state index contributed by atoms with van der Waals surface area (Å²) < 4.78 is 3.26. The average Bonchev–Trinajstić information content (AvgIpc) is 3.00. The molecule has 0 amide bonds. The zero-order valence-corrected chi connectivity index (χ0v) is 16.9. The number of nitrogens with two attached hydrogens (primary N) is 1. The molecule has 3 N–H and O–H groups in total. The molecule has 0 radical (unpaired) electrons. The van der Waals surface area contributed by atoms with Crippen molar-refractivity contribution in [1.29, 1.82) is 0 Å². The Labute approximate surface area is 165 Å². The molecule has 3 rings (SSSR count). The number of carbonyl (C=O) groups excluding carboxylic acids is 1. The molecular formula is C19H23N5O3S. The fourth-order valence-corrected chi connectivity index (χ4v) is 4.03. The van der Waals surface area contributed by atoms with Crippen LogP contribution in [0.15, 0.2) is 39.0 Å². The third-order valence-electron chi connectivity index (χ3n) is 4.33. The molecule has 1 aromatic carbocycles. The van der Waals surface area contributed by atoms with E-state index < -0.39 is 17.0 Å². The third kappa shape index (κ3) is 3.75. The zero-order valence-electron chi connectivity index (χ0n) is 16.1. The monoisotopic (exact) mass is 401 g/mol. The minimum absolute atomic E-state index is 0.00349. The fraction of sp³-hybridized carbons (Fsp3) is 0.368. The summed E-state index contributed by atoms with van der Waals surface area (Å²) in [7, 11) is 0. The number of Topliss-reactive ketones (excluding diaryl/α,β-unsaturated/α-hetero) is 1. The lowest BCUT2D eigenvalue weighted by Crippen LogP contribution is -2.37. The van der Waals surface area contributed by atoms with Crippen molar-refractivity contribution in [3.05, 3.63) is 50.7 Å². The van der Waals surface area contributed by atoms with Gasteiger partial charge in [0, 0.05) is 13.1 Å². The van der Waals surface area contributed by atoms with E-state index in [1.165, 1.54) is 16.3 Å². The van der Waals surface area contributed by atoms with Crippen LogP contribution in [0, 0.1) is 5.92 Å². The highest BCUT2D eigenvalue weighted by Crippen LogP contribution is 2.24. The number of nitrogens with zero attached hydrogens (tertiary/aromatic N) is 3. The summed E-state index contributed by atoms with van der Waals surface area (Å²) in [5.74, 6) is -0.392. The maximum absolute atomic E-state index is 12.8. The summed E-state index contributed by atoms with van der Waals surface area (Å²) in [5.41, 5.74) is 6.32. The normalized spacial score (nSPS) is 11.4. The van der Waals surface area contributed by atoms with Crippen molar-refractivity contribution in [3.63, 3.8) is 0 Å². The Balaban J connectivity index is 1.90. The van der Waals surface area contributed by atoms with Crippen LogP contribution in [0.3, 0.4) is 0 Å². The van der Waals surface area contributed by atoms with Gasteiger partial charge in [0.15, 0.2) is 10.9 Å². The molecule has 3 aromatic rings. The number of para-hydroxylation sites is 2. The van der Waals surface area contributed by atoms with Gasteiger partial charge in [-0.2, -0.15) is 0 Å². The molecule has 28 heavy (non-hydrogen) atoms. The van der Waals surface area contributed by atoms with Gasteiger partial charge in [0.05, 0.1) is 16.8 Å². The van der Waals surface area contributed by atoms with Crippen LogP contribution in [0.5, 0.6) is 0 Å². The largest absolute Gasteiger partial charge is 0.384 e. The summed E-state index contributed by atoms with van der Waals surface area (Å²) >= 11 is 1.25. The molecule has 0 aliphatic carbocycles. The standard InChI is InChI=1S/C19H23N5O3S/c1-4-23-13-8-6-5-7-12(13)21-19(23)28-10-14(25)15-16(20)24(9-11(2)3)18(27)22-17(15)26/h5-8,11H,4,9-10,20H2,1-3H3,(H,22,26,27). The number of aromatic nitrogens is 4. The molecule has 0 aliphatic heterocycles. The van der Waals surface area contributed by atoms with E-state index in [2.05, 4.69) is 9.97 Å². The van der Waals surface area contributed by atoms with E-state index >= 15 is 0 Å². The number of hydrogen-bond donors (Lipinski definition) is 2. The number of hydrogen-bond acceptors (Lipinski definition) is 6. The van der Waals surface area contributed by atoms with Crippen molar-refractivity contribution >= 4 is 34.4 Å². The second-order valence-electron chi connectivity index (χ2n) is 6.86. The van der Waals surface area contributed by atoms with E-state index in [4.69, 9.17) is 5.73 Å². The van der Waals surface area contributed by atoms with Gasteiger partial charge in [-0.3, -0.25) is 19.1 Å². The van der Waals surface area contributed by atoms with Crippen LogP contribution in [0.4, 0.5) is 5.82 Å². The number of benzene rings is 1. The lowest BCUT2D eigenvalue weighted by Gasteiger charge is -2.13. The maximum atomic E-state index is 12.8. The number of H-pyrrole nitrogens is 1. The molecule has 8 nitrogen and oxygen atoms in total. The van der Waals surface area contributed by atoms with Crippen LogP contribution in [-0.4, -0.2) is 30.6 Å². The molecule has 0 bridgehead atoms. The quantitative estimate of drug-likeness (QED) is 0.463. The Morgan fingerprint density at radius 1 is 1.25 bits per heavy atom. The fourth-order valence-electron chi connectivity index (χ4n) is 3.08. The summed E-state index contributed by atoms with van der Waals surface area (Å²) in [6.45, 7) is 6.87. The van der Waals surface area contributed by atoms with E-state index in [0.717, 1.165) is 11.0 Å². The second-order valence-corrected chi connectivity index (χ2v) is 7.81. The molecule has 0 saturated heterocycles. The molecule has 2 heterocycles. The number of thioether (sulfide) groups is 1. The van der Waals surface area contributed by atoms with Gasteiger partial charge < -0.3 is 10.3 Å². The van der Waals surface area contributed by atoms with E-state index in [1.54, 1.807) is 0 Å². The van der Waals surface area contributed by atoms with Gasteiger partial charge in [-0.1, -0.05) is 37.7 Å². The molecular weight excluding hydrogens is 378 g/mol. The number of ketones is 1. The first-order valence-electron chi connectivity index (χ1n) is 9.07. The van der Waals surface area contributed by atoms with Gasteiger partial charge in [-0.25, -0.2) is 9.78 Å². The highest BCUT2D eigenvalue weighted by Gasteiger charge is 2.21. The van der Waals surface area contributed by atoms with Gasteiger partial charge in [-0.15, -0.1) is 0 Å². The number of rotatable bonds is 7. The smallest absolute Gasteiger partial charge is 0.329 e. The van der Waals surface area contributed by atoms with Gasteiger partial charge in [0.2, 0.25) is 0 Å². The van der Waals surface area contributed by atoms with E-state index in [9.17, 15) is 14.4 Å². The van der Waals surface area contributed by atoms with Gasteiger partial charge >= 0.3 is 5.69 Å². The molecule has 9 heteroatoms. The Morgan fingerprint density at radius 3 is 2.64 bits per heavy atom. The van der Waals surface area contributed by atoms with Crippen molar-refractivity contribution in [1.82, 2.24) is 19.1 Å². The number of nitrogens with one attached hydrogen (secondary N) is 1. The lowest BCUT2D eigenvalue weighted by atomic mass is 10.2. The van der Waals surface area contributed by atoms with Crippen LogP contribution < -0.4 is 17.0 Å². The Kier molecular flexibility index (Phi) is 5.73. The molecule has 2 aromatic heterocycles. The minimum Gasteiger partial charge on any atom is -0.384 e. The molecule has 148 valence electrons. The number of aryl methyl sites for hydroxylation is 1. The first kappa shape index (κ1) is 19.9. The number of fused-ring (bicyclic) bond motifs is 1. The Morgan fingerprint density at radius 2 is 1.96 bits per heavy atom. The SMILES string of the molecule is CCn1c(SCC(=O)c2c(N)n(CC(C)C)c(=O)[nH]c2=O)nc2ccccc21. The van der Waals surface area contributed by atoms with Gasteiger partial charge in [-0.05, 0) is 25.0 Å². The van der Waals surface area contributed by atoms with Gasteiger partial charge in [0.1, 0.15) is 11.4 Å². The number of imidazole rings is 1. The number of nitrogen functional groups attached to an aromatic ring is 1. The van der Waals surface area contributed by atoms with Crippen molar-refractivity contribution in [2.45, 2.75) is 39.0 Å². The van der Waals surface area contributed by atoms with Crippen molar-refractivity contribution < 1.29 is 4.79 Å². The summed E-state index contributed by atoms with van der Waals surface area (Å²) in [6, 6.07) is 7.74. The van der Waals surface area contributed by atoms with Crippen LogP contribution in [0.1, 0.15) is 31.1 Å². The van der Waals surface area contributed by atoms with Crippen molar-refractivity contribution in [3.8, 4) is 0 Å². The van der Waals surface area contributed by atoms with Crippen molar-refractivity contribution in [2.24, 2.45) is 5.92 Å².